The molecule has 26 heavy (non-hydrogen) atoms. The van der Waals surface area contributed by atoms with Gasteiger partial charge in [0.25, 0.3) is 0 Å². The molecule has 4 heteroatoms. The number of hydrogen-bond acceptors (Lipinski definition) is 3. The highest BCUT2D eigenvalue weighted by Crippen LogP contribution is 2.38. The van der Waals surface area contributed by atoms with Crippen LogP contribution in [0.15, 0.2) is 48.5 Å². The van der Waals surface area contributed by atoms with Crippen molar-refractivity contribution in [3.8, 4) is 0 Å². The van der Waals surface area contributed by atoms with Gasteiger partial charge in [-0.05, 0) is 69.1 Å². The standard InChI is InChI=1S/C22H28FN3/c1-17(2)24-12-11-18(15-24)16-25-13-14-26(20-9-7-19(23)8-10-20)22-6-4-3-5-21(22)25/h3-10,17-18H,11-16H2,1-2H3/t18-/m0/s1. The van der Waals surface area contributed by atoms with Crippen LogP contribution in [0.5, 0.6) is 0 Å². The quantitative estimate of drug-likeness (QED) is 0.800. The molecular formula is C22H28FN3. The number of nitrogens with zero attached hydrogens (tertiary/aromatic N) is 3. The van der Waals surface area contributed by atoms with Crippen molar-refractivity contribution in [3.05, 3.63) is 54.3 Å². The van der Waals surface area contributed by atoms with Crippen LogP contribution in [0.3, 0.4) is 0 Å². The molecule has 0 amide bonds. The zero-order valence-corrected chi connectivity index (χ0v) is 15.7. The van der Waals surface area contributed by atoms with Crippen LogP contribution in [0, 0.1) is 11.7 Å². The number of hydrogen-bond donors (Lipinski definition) is 0. The molecule has 0 N–H and O–H groups in total. The molecule has 1 fully saturated rings. The molecule has 0 bridgehead atoms. The second-order valence-corrected chi connectivity index (χ2v) is 7.81. The average molecular weight is 353 g/mol. The van der Waals surface area contributed by atoms with Crippen LogP contribution in [0.25, 0.3) is 0 Å². The summed E-state index contributed by atoms with van der Waals surface area (Å²) in [5, 5.41) is 0. The van der Waals surface area contributed by atoms with Crippen molar-refractivity contribution in [2.75, 3.05) is 42.5 Å². The fraction of sp³-hybridized carbons (Fsp3) is 0.455. The van der Waals surface area contributed by atoms with Crippen LogP contribution >= 0.6 is 0 Å². The average Bonchev–Trinajstić information content (AvgIpc) is 3.12. The number of halogens is 1. The van der Waals surface area contributed by atoms with Gasteiger partial charge < -0.3 is 14.7 Å². The first-order valence-electron chi connectivity index (χ1n) is 9.73. The topological polar surface area (TPSA) is 9.72 Å². The van der Waals surface area contributed by atoms with E-state index in [0.717, 1.165) is 31.2 Å². The molecule has 0 aromatic heterocycles. The molecule has 0 unspecified atom stereocenters. The SMILES string of the molecule is CC(C)N1CC[C@H](CN2CCN(c3ccc(F)cc3)c3ccccc32)C1. The van der Waals surface area contributed by atoms with Crippen molar-refractivity contribution in [2.45, 2.75) is 26.3 Å². The lowest BCUT2D eigenvalue weighted by molar-refractivity contribution is 0.265. The van der Waals surface area contributed by atoms with E-state index in [4.69, 9.17) is 0 Å². The van der Waals surface area contributed by atoms with Crippen molar-refractivity contribution in [1.29, 1.82) is 0 Å². The Morgan fingerprint density at radius 2 is 1.69 bits per heavy atom. The highest BCUT2D eigenvalue weighted by atomic mass is 19.1. The summed E-state index contributed by atoms with van der Waals surface area (Å²) in [6.45, 7) is 10.1. The molecule has 3 nitrogen and oxygen atoms in total. The molecule has 1 saturated heterocycles. The van der Waals surface area contributed by atoms with Crippen molar-refractivity contribution < 1.29 is 4.39 Å². The van der Waals surface area contributed by atoms with Gasteiger partial charge in [0.15, 0.2) is 0 Å². The molecule has 2 aliphatic rings. The molecular weight excluding hydrogens is 325 g/mol. The van der Waals surface area contributed by atoms with E-state index < -0.39 is 0 Å². The van der Waals surface area contributed by atoms with Crippen LogP contribution in [0.2, 0.25) is 0 Å². The third kappa shape index (κ3) is 3.43. The van der Waals surface area contributed by atoms with Gasteiger partial charge in [-0.25, -0.2) is 4.39 Å². The van der Waals surface area contributed by atoms with Gasteiger partial charge in [0.2, 0.25) is 0 Å². The molecule has 2 heterocycles. The number of benzene rings is 2. The minimum atomic E-state index is -0.184. The Labute approximate surface area is 156 Å². The van der Waals surface area contributed by atoms with Gasteiger partial charge in [-0.2, -0.15) is 0 Å². The van der Waals surface area contributed by atoms with Gasteiger partial charge in [-0.15, -0.1) is 0 Å². The zero-order valence-electron chi connectivity index (χ0n) is 15.7. The summed E-state index contributed by atoms with van der Waals surface area (Å²) in [7, 11) is 0. The summed E-state index contributed by atoms with van der Waals surface area (Å²) in [6, 6.07) is 16.1. The van der Waals surface area contributed by atoms with Crippen LogP contribution in [-0.4, -0.2) is 43.7 Å². The summed E-state index contributed by atoms with van der Waals surface area (Å²) >= 11 is 0. The first-order valence-corrected chi connectivity index (χ1v) is 9.73. The second-order valence-electron chi connectivity index (χ2n) is 7.81. The smallest absolute Gasteiger partial charge is 0.123 e. The van der Waals surface area contributed by atoms with Gasteiger partial charge >= 0.3 is 0 Å². The molecule has 0 aliphatic carbocycles. The molecule has 4 rings (SSSR count). The van der Waals surface area contributed by atoms with Gasteiger partial charge in [0.1, 0.15) is 5.82 Å². The van der Waals surface area contributed by atoms with E-state index in [1.54, 1.807) is 12.1 Å². The summed E-state index contributed by atoms with van der Waals surface area (Å²) in [5.41, 5.74) is 3.58. The predicted octanol–water partition coefficient (Wildman–Crippen LogP) is 4.51. The van der Waals surface area contributed by atoms with Crippen molar-refractivity contribution in [1.82, 2.24) is 4.90 Å². The number of anilines is 3. The minimum absolute atomic E-state index is 0.184. The van der Waals surface area contributed by atoms with E-state index in [9.17, 15) is 4.39 Å². The van der Waals surface area contributed by atoms with Crippen LogP contribution in [0.4, 0.5) is 21.5 Å². The van der Waals surface area contributed by atoms with Gasteiger partial charge in [0.05, 0.1) is 11.4 Å². The van der Waals surface area contributed by atoms with Crippen molar-refractivity contribution >= 4 is 17.1 Å². The van der Waals surface area contributed by atoms with E-state index in [1.165, 1.54) is 30.9 Å². The summed E-state index contributed by atoms with van der Waals surface area (Å²) in [6.07, 6.45) is 1.29. The first kappa shape index (κ1) is 17.3. The fourth-order valence-corrected chi connectivity index (χ4v) is 4.29. The molecule has 2 aromatic carbocycles. The minimum Gasteiger partial charge on any atom is -0.368 e. The maximum Gasteiger partial charge on any atom is 0.123 e. The van der Waals surface area contributed by atoms with E-state index in [2.05, 4.69) is 52.8 Å². The summed E-state index contributed by atoms with van der Waals surface area (Å²) in [4.78, 5) is 7.44. The van der Waals surface area contributed by atoms with E-state index >= 15 is 0 Å². The van der Waals surface area contributed by atoms with Crippen molar-refractivity contribution in [2.24, 2.45) is 5.92 Å². The molecule has 0 spiro atoms. The van der Waals surface area contributed by atoms with Crippen LogP contribution in [-0.2, 0) is 0 Å². The molecule has 2 aliphatic heterocycles. The highest BCUT2D eigenvalue weighted by molar-refractivity contribution is 5.79. The molecule has 0 saturated carbocycles. The van der Waals surface area contributed by atoms with E-state index in [-0.39, 0.29) is 5.82 Å². The second kappa shape index (κ2) is 7.28. The molecule has 0 radical (unpaired) electrons. The zero-order chi connectivity index (χ0) is 18.1. The maximum absolute atomic E-state index is 13.3. The highest BCUT2D eigenvalue weighted by Gasteiger charge is 2.29. The third-order valence-electron chi connectivity index (χ3n) is 5.77. The van der Waals surface area contributed by atoms with Gasteiger partial charge in [-0.1, -0.05) is 12.1 Å². The lowest BCUT2D eigenvalue weighted by Crippen LogP contribution is -2.42. The Bertz CT molecular complexity index is 743. The van der Waals surface area contributed by atoms with Crippen LogP contribution in [0.1, 0.15) is 20.3 Å². The number of rotatable bonds is 4. The number of para-hydroxylation sites is 2. The predicted molar refractivity (Wildman–Crippen MR) is 107 cm³/mol. The fourth-order valence-electron chi connectivity index (χ4n) is 4.29. The Morgan fingerprint density at radius 1 is 0.962 bits per heavy atom. The third-order valence-corrected chi connectivity index (χ3v) is 5.77. The first-order chi connectivity index (χ1) is 12.6. The van der Waals surface area contributed by atoms with E-state index in [1.807, 2.05) is 12.1 Å². The summed E-state index contributed by atoms with van der Waals surface area (Å²) in [5.74, 6) is 0.555. The van der Waals surface area contributed by atoms with Gasteiger partial charge in [0, 0.05) is 37.9 Å². The Kier molecular flexibility index (Phi) is 4.86. The van der Waals surface area contributed by atoms with Crippen molar-refractivity contribution in [3.63, 3.8) is 0 Å². The van der Waals surface area contributed by atoms with E-state index in [0.29, 0.717) is 6.04 Å². The molecule has 2 aromatic rings. The lowest BCUT2D eigenvalue weighted by Gasteiger charge is -2.40. The Balaban J connectivity index is 1.53. The normalized spacial score (nSPS) is 20.7. The lowest BCUT2D eigenvalue weighted by atomic mass is 10.1. The summed E-state index contributed by atoms with van der Waals surface area (Å²) < 4.78 is 13.3. The maximum atomic E-state index is 13.3. The largest absolute Gasteiger partial charge is 0.368 e. The number of fused-ring (bicyclic) bond motifs is 1. The molecule has 1 atom stereocenters. The Morgan fingerprint density at radius 3 is 2.38 bits per heavy atom. The monoisotopic (exact) mass is 353 g/mol. The molecule has 138 valence electrons. The van der Waals surface area contributed by atoms with Crippen LogP contribution < -0.4 is 9.80 Å². The van der Waals surface area contributed by atoms with Gasteiger partial charge in [-0.3, -0.25) is 0 Å². The Hall–Kier alpha value is -2.07. The number of likely N-dealkylation sites (tertiary alicyclic amines) is 1.